The molecule has 1 aromatic heterocycles. The van der Waals surface area contributed by atoms with Crippen molar-refractivity contribution in [2.24, 2.45) is 7.05 Å². The van der Waals surface area contributed by atoms with E-state index in [-0.39, 0.29) is 18.4 Å². The number of nitrogens with one attached hydrogen (secondary N) is 1. The van der Waals surface area contributed by atoms with Crippen LogP contribution < -0.4 is 10.2 Å². The number of benzene rings is 1. The lowest BCUT2D eigenvalue weighted by Gasteiger charge is -2.34. The average molecular weight is 398 g/mol. The third kappa shape index (κ3) is 3.11. The van der Waals surface area contributed by atoms with Crippen LogP contribution in [0, 0.1) is 0 Å². The van der Waals surface area contributed by atoms with Crippen LogP contribution in [0.1, 0.15) is 17.4 Å². The van der Waals surface area contributed by atoms with Gasteiger partial charge < -0.3 is 14.8 Å². The first-order chi connectivity index (χ1) is 12.0. The standard InChI is InChI=1S/C17H23N5O2S.ClH/c1-20-8-5-13-3-4-14(11-15(13)20)25(23,24)22-10-6-18-12-16(22)17-19-7-9-21(17)2;/h3-4,7,9,11,16,18H,5-6,8,10,12H2,1-2H3;1H. The summed E-state index contributed by atoms with van der Waals surface area (Å²) in [5, 5.41) is 3.28. The molecule has 0 saturated carbocycles. The number of imidazole rings is 1. The maximum Gasteiger partial charge on any atom is 0.243 e. The Hall–Kier alpha value is -1.61. The molecule has 1 unspecified atom stereocenters. The summed E-state index contributed by atoms with van der Waals surface area (Å²) in [7, 11) is 0.313. The average Bonchev–Trinajstić information content (AvgIpc) is 3.20. The van der Waals surface area contributed by atoms with Crippen LogP contribution in [-0.4, -0.2) is 55.5 Å². The van der Waals surface area contributed by atoms with E-state index in [2.05, 4.69) is 15.2 Å². The highest BCUT2D eigenvalue weighted by atomic mass is 35.5. The molecule has 0 aliphatic carbocycles. The van der Waals surface area contributed by atoms with E-state index in [4.69, 9.17) is 0 Å². The van der Waals surface area contributed by atoms with Gasteiger partial charge in [0, 0.05) is 58.4 Å². The maximum atomic E-state index is 13.4. The number of aryl methyl sites for hydroxylation is 1. The first-order valence-corrected chi connectivity index (χ1v) is 9.96. The summed E-state index contributed by atoms with van der Waals surface area (Å²) in [5.74, 6) is 0.758. The topological polar surface area (TPSA) is 70.5 Å². The molecule has 1 atom stereocenters. The smallest absolute Gasteiger partial charge is 0.243 e. The summed E-state index contributed by atoms with van der Waals surface area (Å²) in [4.78, 5) is 6.85. The fourth-order valence-corrected chi connectivity index (χ4v) is 5.31. The molecule has 0 bridgehead atoms. The Labute approximate surface area is 160 Å². The molecule has 3 heterocycles. The van der Waals surface area contributed by atoms with Crippen molar-refractivity contribution in [3.8, 4) is 0 Å². The summed E-state index contributed by atoms with van der Waals surface area (Å²) >= 11 is 0. The van der Waals surface area contributed by atoms with E-state index in [0.717, 1.165) is 24.5 Å². The Morgan fingerprint density at radius 3 is 2.77 bits per heavy atom. The number of hydrogen-bond donors (Lipinski definition) is 1. The number of hydrogen-bond acceptors (Lipinski definition) is 5. The Kier molecular flexibility index (Phi) is 5.30. The highest BCUT2D eigenvalue weighted by molar-refractivity contribution is 7.89. The Balaban J connectivity index is 0.00000196. The van der Waals surface area contributed by atoms with Gasteiger partial charge in [-0.3, -0.25) is 0 Å². The van der Waals surface area contributed by atoms with Crippen molar-refractivity contribution >= 4 is 28.1 Å². The SMILES string of the molecule is CN1CCc2ccc(S(=O)(=O)N3CCNCC3c3nccn3C)cc21.Cl. The second-order valence-corrected chi connectivity index (χ2v) is 8.58. The van der Waals surface area contributed by atoms with Gasteiger partial charge in [0.05, 0.1) is 10.9 Å². The maximum absolute atomic E-state index is 13.4. The van der Waals surface area contributed by atoms with Crippen molar-refractivity contribution in [2.75, 3.05) is 38.1 Å². The highest BCUT2D eigenvalue weighted by Crippen LogP contribution is 2.33. The molecule has 2 aliphatic heterocycles. The molecule has 0 radical (unpaired) electrons. The van der Waals surface area contributed by atoms with Gasteiger partial charge in [-0.15, -0.1) is 12.4 Å². The van der Waals surface area contributed by atoms with E-state index in [1.165, 1.54) is 5.56 Å². The van der Waals surface area contributed by atoms with E-state index >= 15 is 0 Å². The zero-order chi connectivity index (χ0) is 17.6. The number of nitrogens with zero attached hydrogens (tertiary/aromatic N) is 4. The first-order valence-electron chi connectivity index (χ1n) is 8.52. The Bertz CT molecular complexity index is 898. The molecule has 2 aliphatic rings. The van der Waals surface area contributed by atoms with Gasteiger partial charge in [-0.05, 0) is 24.1 Å². The summed E-state index contributed by atoms with van der Waals surface area (Å²) < 4.78 is 30.2. The van der Waals surface area contributed by atoms with Crippen molar-refractivity contribution < 1.29 is 8.42 Å². The van der Waals surface area contributed by atoms with Gasteiger partial charge >= 0.3 is 0 Å². The molecule has 0 spiro atoms. The molecule has 142 valence electrons. The zero-order valence-electron chi connectivity index (χ0n) is 14.9. The minimum absolute atomic E-state index is 0. The molecular weight excluding hydrogens is 374 g/mol. The van der Waals surface area contributed by atoms with Crippen molar-refractivity contribution in [2.45, 2.75) is 17.4 Å². The molecule has 26 heavy (non-hydrogen) atoms. The molecule has 4 rings (SSSR count). The van der Waals surface area contributed by atoms with Crippen LogP contribution in [0.4, 0.5) is 5.69 Å². The van der Waals surface area contributed by atoms with Crippen molar-refractivity contribution in [3.63, 3.8) is 0 Å². The summed E-state index contributed by atoms with van der Waals surface area (Å²) in [6.45, 7) is 2.58. The molecule has 0 amide bonds. The first kappa shape index (κ1) is 19.2. The van der Waals surface area contributed by atoms with Crippen LogP contribution >= 0.6 is 12.4 Å². The van der Waals surface area contributed by atoms with Crippen LogP contribution in [0.25, 0.3) is 0 Å². The molecule has 7 nitrogen and oxygen atoms in total. The number of likely N-dealkylation sites (N-methyl/N-ethyl adjacent to an activating group) is 1. The normalized spacial score (nSPS) is 20.7. The number of aromatic nitrogens is 2. The van der Waals surface area contributed by atoms with E-state index in [0.29, 0.717) is 24.5 Å². The molecule has 1 aromatic carbocycles. The lowest BCUT2D eigenvalue weighted by atomic mass is 10.2. The van der Waals surface area contributed by atoms with Crippen molar-refractivity contribution in [3.05, 3.63) is 42.0 Å². The van der Waals surface area contributed by atoms with Gasteiger partial charge in [-0.2, -0.15) is 4.31 Å². The zero-order valence-corrected chi connectivity index (χ0v) is 16.6. The lowest BCUT2D eigenvalue weighted by molar-refractivity contribution is 0.258. The minimum atomic E-state index is -3.59. The summed E-state index contributed by atoms with van der Waals surface area (Å²) in [6, 6.07) is 5.20. The van der Waals surface area contributed by atoms with Crippen LogP contribution in [0.2, 0.25) is 0 Å². The van der Waals surface area contributed by atoms with Crippen LogP contribution in [-0.2, 0) is 23.5 Å². The van der Waals surface area contributed by atoms with Gasteiger partial charge in [0.15, 0.2) is 0 Å². The quantitative estimate of drug-likeness (QED) is 0.841. The molecular formula is C17H24ClN5O2S. The second kappa shape index (κ2) is 7.19. The minimum Gasteiger partial charge on any atom is -0.374 e. The van der Waals surface area contributed by atoms with Crippen LogP contribution in [0.15, 0.2) is 35.5 Å². The molecule has 9 heteroatoms. The predicted octanol–water partition coefficient (Wildman–Crippen LogP) is 1.17. The fourth-order valence-electron chi connectivity index (χ4n) is 3.71. The number of piperazine rings is 1. The van der Waals surface area contributed by atoms with Crippen molar-refractivity contribution in [1.82, 2.24) is 19.2 Å². The van der Waals surface area contributed by atoms with Crippen LogP contribution in [0.3, 0.4) is 0 Å². The number of sulfonamides is 1. The van der Waals surface area contributed by atoms with Crippen molar-refractivity contribution in [1.29, 1.82) is 0 Å². The molecule has 2 aromatic rings. The van der Waals surface area contributed by atoms with E-state index in [1.54, 1.807) is 16.6 Å². The molecule has 1 N–H and O–H groups in total. The van der Waals surface area contributed by atoms with Crippen LogP contribution in [0.5, 0.6) is 0 Å². The monoisotopic (exact) mass is 397 g/mol. The predicted molar refractivity (Wildman–Crippen MR) is 103 cm³/mol. The number of halogens is 1. The van der Waals surface area contributed by atoms with Gasteiger partial charge in [0.25, 0.3) is 0 Å². The van der Waals surface area contributed by atoms with Gasteiger partial charge in [0.2, 0.25) is 10.0 Å². The van der Waals surface area contributed by atoms with E-state index in [1.807, 2.05) is 37.0 Å². The summed E-state index contributed by atoms with van der Waals surface area (Å²) in [5.41, 5.74) is 2.23. The van der Waals surface area contributed by atoms with E-state index < -0.39 is 10.0 Å². The number of anilines is 1. The molecule has 1 saturated heterocycles. The largest absolute Gasteiger partial charge is 0.374 e. The second-order valence-electron chi connectivity index (χ2n) is 6.69. The van der Waals surface area contributed by atoms with Gasteiger partial charge in [-0.25, -0.2) is 13.4 Å². The van der Waals surface area contributed by atoms with E-state index in [9.17, 15) is 8.42 Å². The third-order valence-corrected chi connectivity index (χ3v) is 7.05. The summed E-state index contributed by atoms with van der Waals surface area (Å²) in [6.07, 6.45) is 4.52. The Morgan fingerprint density at radius 1 is 1.23 bits per heavy atom. The van der Waals surface area contributed by atoms with Gasteiger partial charge in [-0.1, -0.05) is 6.07 Å². The molecule has 1 fully saturated rings. The van der Waals surface area contributed by atoms with Gasteiger partial charge in [0.1, 0.15) is 5.82 Å². The lowest BCUT2D eigenvalue weighted by Crippen LogP contribution is -2.49. The number of fused-ring (bicyclic) bond motifs is 1. The third-order valence-electron chi connectivity index (χ3n) is 5.14. The number of rotatable bonds is 3. The Morgan fingerprint density at radius 2 is 2.04 bits per heavy atom. The highest BCUT2D eigenvalue weighted by Gasteiger charge is 2.36. The fraction of sp³-hybridized carbons (Fsp3) is 0.471.